The monoisotopic (exact) mass is 294 g/mol. The first-order chi connectivity index (χ1) is 6.24. The van der Waals surface area contributed by atoms with E-state index >= 15 is 0 Å². The van der Waals surface area contributed by atoms with Crippen molar-refractivity contribution in [3.63, 3.8) is 0 Å². The van der Waals surface area contributed by atoms with Gasteiger partial charge in [0, 0.05) is 0 Å². The molecule has 0 radical (unpaired) electrons. The van der Waals surface area contributed by atoms with Gasteiger partial charge in [0.2, 0.25) is 0 Å². The fourth-order valence-corrected chi connectivity index (χ4v) is 4.52. The molecule has 13 heavy (non-hydrogen) atoms. The molecule has 1 saturated carbocycles. The Bertz CT molecular complexity index is 173. The van der Waals surface area contributed by atoms with Crippen LogP contribution in [0.3, 0.4) is 0 Å². The number of nitrogens with zero attached hydrogens (tertiary/aromatic N) is 1. The minimum atomic E-state index is 0.376. The van der Waals surface area contributed by atoms with Crippen LogP contribution in [0.1, 0.15) is 39.0 Å². The van der Waals surface area contributed by atoms with E-state index in [0.29, 0.717) is 21.5 Å². The molecule has 1 unspecified atom stereocenters. The van der Waals surface area contributed by atoms with Crippen molar-refractivity contribution >= 4 is 0 Å². The first-order valence-electron chi connectivity index (χ1n) is 5.49. The van der Waals surface area contributed by atoms with Gasteiger partial charge in [0.05, 0.1) is 0 Å². The molecule has 2 heteroatoms. The first-order valence-corrected chi connectivity index (χ1v) is 8.61. The fourth-order valence-electron chi connectivity index (χ4n) is 3.07. The van der Waals surface area contributed by atoms with E-state index in [1.165, 1.54) is 45.2 Å². The molecule has 78 valence electrons. The van der Waals surface area contributed by atoms with Gasteiger partial charge in [-0.15, -0.1) is 0 Å². The van der Waals surface area contributed by atoms with E-state index in [1.807, 2.05) is 0 Å². The van der Waals surface area contributed by atoms with Gasteiger partial charge in [-0.2, -0.15) is 0 Å². The quantitative estimate of drug-likeness (QED) is 0.359. The van der Waals surface area contributed by atoms with Gasteiger partial charge >= 0.3 is 93.0 Å². The molecule has 1 nitrogen and oxygen atoms in total. The summed E-state index contributed by atoms with van der Waals surface area (Å²) >= 11 is 0.376. The Morgan fingerprint density at radius 2 is 1.92 bits per heavy atom. The van der Waals surface area contributed by atoms with E-state index in [1.54, 1.807) is 0 Å². The van der Waals surface area contributed by atoms with Crippen molar-refractivity contribution in [2.45, 2.75) is 39.0 Å². The molecule has 1 heterocycles. The topological polar surface area (TPSA) is 3.24 Å². The van der Waals surface area contributed by atoms with Crippen molar-refractivity contribution < 1.29 is 21.5 Å². The van der Waals surface area contributed by atoms with Crippen LogP contribution in [0.15, 0.2) is 0 Å². The summed E-state index contributed by atoms with van der Waals surface area (Å²) in [5, 5.41) is 0. The van der Waals surface area contributed by atoms with E-state index in [9.17, 15) is 0 Å². The number of hydrogen-bond donors (Lipinski definition) is 0. The number of hydrogen-bond acceptors (Lipinski definition) is 1. The summed E-state index contributed by atoms with van der Waals surface area (Å²) in [5.74, 6) is 1.02. The summed E-state index contributed by atoms with van der Waals surface area (Å²) in [5.41, 5.74) is 0.800. The number of halogens is 1. The third-order valence-corrected chi connectivity index (χ3v) is 6.29. The molecule has 2 aliphatic rings. The molecule has 1 atom stereocenters. The predicted octanol–water partition coefficient (Wildman–Crippen LogP) is -0.478. The third kappa shape index (κ3) is 2.20. The molecule has 0 aromatic carbocycles. The van der Waals surface area contributed by atoms with Crippen molar-refractivity contribution in [3.8, 4) is 0 Å². The second-order valence-corrected chi connectivity index (χ2v) is 7.26. The van der Waals surface area contributed by atoms with Gasteiger partial charge in [0.1, 0.15) is 0 Å². The van der Waals surface area contributed by atoms with Crippen molar-refractivity contribution in [3.05, 3.63) is 0 Å². The van der Waals surface area contributed by atoms with E-state index in [4.69, 9.17) is 0 Å². The van der Waals surface area contributed by atoms with Crippen molar-refractivity contribution in [1.29, 1.82) is 0 Å². The Balaban J connectivity index is 1.90. The average molecular weight is 294 g/mol. The molecule has 0 bridgehead atoms. The van der Waals surface area contributed by atoms with Crippen molar-refractivity contribution in [2.75, 3.05) is 18.0 Å². The molecule has 0 amide bonds. The Labute approximate surface area is 92.9 Å². The standard InChI is InChI=1S/C11H21IN/c1-10-3-4-11(9-10)5-7-13(12-2)8-6-11/h10H,3-9H2,1-2H3/q-1. The van der Waals surface area contributed by atoms with Crippen LogP contribution in [-0.2, 0) is 0 Å². The van der Waals surface area contributed by atoms with E-state index in [-0.39, 0.29) is 0 Å². The average Bonchev–Trinajstić information content (AvgIpc) is 2.49. The zero-order valence-corrected chi connectivity index (χ0v) is 11.0. The van der Waals surface area contributed by atoms with Crippen LogP contribution in [0.2, 0.25) is 0 Å². The molecule has 1 aliphatic heterocycles. The van der Waals surface area contributed by atoms with Crippen LogP contribution in [0.4, 0.5) is 0 Å². The van der Waals surface area contributed by atoms with Crippen molar-refractivity contribution in [1.82, 2.24) is 3.11 Å². The molecule has 1 spiro atoms. The molecule has 1 aliphatic carbocycles. The summed E-state index contributed by atoms with van der Waals surface area (Å²) in [6.07, 6.45) is 7.57. The van der Waals surface area contributed by atoms with E-state index in [0.717, 1.165) is 11.3 Å². The zero-order valence-electron chi connectivity index (χ0n) is 8.85. The normalized spacial score (nSPS) is 34.5. The predicted molar refractivity (Wildman–Crippen MR) is 52.2 cm³/mol. The second-order valence-electron chi connectivity index (χ2n) is 4.93. The minimum absolute atomic E-state index is 0.376. The summed E-state index contributed by atoms with van der Waals surface area (Å²) in [4.78, 5) is 2.40. The molecular weight excluding hydrogens is 273 g/mol. The molecule has 1 saturated heterocycles. The van der Waals surface area contributed by atoms with Gasteiger partial charge in [-0.05, 0) is 0 Å². The van der Waals surface area contributed by atoms with Gasteiger partial charge in [-0.25, -0.2) is 0 Å². The van der Waals surface area contributed by atoms with E-state index in [2.05, 4.69) is 15.0 Å². The Kier molecular flexibility index (Phi) is 3.18. The van der Waals surface area contributed by atoms with Crippen LogP contribution >= 0.6 is 0 Å². The molecule has 0 aromatic heterocycles. The van der Waals surface area contributed by atoms with E-state index < -0.39 is 0 Å². The number of rotatable bonds is 1. The third-order valence-electron chi connectivity index (χ3n) is 3.96. The number of alkyl halides is 1. The molecule has 0 aromatic rings. The Hall–Kier alpha value is 0.690. The van der Waals surface area contributed by atoms with Crippen LogP contribution in [-0.4, -0.2) is 21.1 Å². The van der Waals surface area contributed by atoms with Crippen LogP contribution < -0.4 is 21.5 Å². The molecule has 0 N–H and O–H groups in total. The van der Waals surface area contributed by atoms with Crippen LogP contribution in [0.5, 0.6) is 0 Å². The summed E-state index contributed by atoms with van der Waals surface area (Å²) in [7, 11) is 0. The summed E-state index contributed by atoms with van der Waals surface area (Å²) in [6.45, 7) is 5.26. The second kappa shape index (κ2) is 4.05. The summed E-state index contributed by atoms with van der Waals surface area (Å²) in [6, 6.07) is 0. The SMILES string of the molecule is C[I-]N1CCC2(CCC(C)C2)CC1. The van der Waals surface area contributed by atoms with Crippen molar-refractivity contribution in [2.24, 2.45) is 11.3 Å². The van der Waals surface area contributed by atoms with Gasteiger partial charge in [0.25, 0.3) is 0 Å². The first kappa shape index (κ1) is 10.2. The maximum atomic E-state index is 2.72. The van der Waals surface area contributed by atoms with Gasteiger partial charge < -0.3 is 0 Å². The Morgan fingerprint density at radius 1 is 1.23 bits per heavy atom. The molecular formula is C11H21IN-. The van der Waals surface area contributed by atoms with Gasteiger partial charge in [-0.1, -0.05) is 0 Å². The molecule has 2 fully saturated rings. The van der Waals surface area contributed by atoms with Crippen LogP contribution in [0, 0.1) is 11.3 Å². The molecule has 2 rings (SSSR count). The van der Waals surface area contributed by atoms with Crippen LogP contribution in [0.25, 0.3) is 0 Å². The summed E-state index contributed by atoms with van der Waals surface area (Å²) < 4.78 is 2.72. The number of piperidine rings is 1. The van der Waals surface area contributed by atoms with Gasteiger partial charge in [-0.3, -0.25) is 0 Å². The maximum absolute atomic E-state index is 2.72. The fraction of sp³-hybridized carbons (Fsp3) is 1.00. The van der Waals surface area contributed by atoms with Gasteiger partial charge in [0.15, 0.2) is 0 Å². The Morgan fingerprint density at radius 3 is 2.38 bits per heavy atom. The zero-order chi connectivity index (χ0) is 9.31.